The molecule has 106 valence electrons. The maximum absolute atomic E-state index is 10.9. The van der Waals surface area contributed by atoms with Crippen LogP contribution in [0.25, 0.3) is 0 Å². The third kappa shape index (κ3) is 4.44. The highest BCUT2D eigenvalue weighted by Crippen LogP contribution is 2.31. The molecular formula is C14H21NO4. The van der Waals surface area contributed by atoms with Gasteiger partial charge in [-0.1, -0.05) is 13.8 Å². The molecule has 0 spiro atoms. The predicted molar refractivity (Wildman–Crippen MR) is 72.2 cm³/mol. The van der Waals surface area contributed by atoms with E-state index in [-0.39, 0.29) is 24.1 Å². The van der Waals surface area contributed by atoms with E-state index in [4.69, 9.17) is 5.11 Å². The van der Waals surface area contributed by atoms with Crippen LogP contribution in [0.1, 0.15) is 32.4 Å². The first-order chi connectivity index (χ1) is 8.81. The largest absolute Gasteiger partial charge is 0.508 e. The average Bonchev–Trinajstić information content (AvgIpc) is 2.29. The molecule has 0 aliphatic carbocycles. The normalized spacial score (nSPS) is 12.9. The van der Waals surface area contributed by atoms with Gasteiger partial charge in [0, 0.05) is 18.2 Å². The Kier molecular flexibility index (Phi) is 5.18. The monoisotopic (exact) mass is 267 g/mol. The van der Waals surface area contributed by atoms with Crippen LogP contribution in [0.15, 0.2) is 18.2 Å². The summed E-state index contributed by atoms with van der Waals surface area (Å²) in [5.41, 5.74) is 0.530. The summed E-state index contributed by atoms with van der Waals surface area (Å²) < 4.78 is 0. The molecule has 0 aliphatic heterocycles. The summed E-state index contributed by atoms with van der Waals surface area (Å²) in [7, 11) is 0. The van der Waals surface area contributed by atoms with Crippen molar-refractivity contribution in [2.75, 3.05) is 13.1 Å². The topological polar surface area (TPSA) is 81.0 Å². The number of hydrogen-bond donors (Lipinski definition) is 3. The summed E-state index contributed by atoms with van der Waals surface area (Å²) in [4.78, 5) is 12.7. The number of aromatic hydroxyl groups is 2. The van der Waals surface area contributed by atoms with Crippen LogP contribution in [-0.4, -0.2) is 39.3 Å². The highest BCUT2D eigenvalue weighted by atomic mass is 16.4. The molecule has 0 radical (unpaired) electrons. The van der Waals surface area contributed by atoms with Crippen LogP contribution in [-0.2, 0) is 4.79 Å². The van der Waals surface area contributed by atoms with E-state index >= 15 is 0 Å². The molecule has 0 fully saturated rings. The van der Waals surface area contributed by atoms with Gasteiger partial charge in [-0.25, -0.2) is 0 Å². The van der Waals surface area contributed by atoms with Crippen LogP contribution in [0, 0.1) is 5.92 Å². The second-order valence-corrected chi connectivity index (χ2v) is 5.14. The third-order valence-electron chi connectivity index (χ3n) is 2.95. The van der Waals surface area contributed by atoms with Gasteiger partial charge in [0.05, 0.1) is 6.54 Å². The maximum atomic E-state index is 10.9. The van der Waals surface area contributed by atoms with Crippen LogP contribution >= 0.6 is 0 Å². The summed E-state index contributed by atoms with van der Waals surface area (Å²) in [6.45, 7) is 6.32. The van der Waals surface area contributed by atoms with E-state index in [1.807, 2.05) is 20.8 Å². The van der Waals surface area contributed by atoms with Gasteiger partial charge in [-0.15, -0.1) is 0 Å². The average molecular weight is 267 g/mol. The molecule has 5 nitrogen and oxygen atoms in total. The van der Waals surface area contributed by atoms with Crippen LogP contribution in [0.5, 0.6) is 11.5 Å². The van der Waals surface area contributed by atoms with Crippen molar-refractivity contribution in [2.24, 2.45) is 5.92 Å². The molecule has 3 N–H and O–H groups in total. The molecule has 0 bridgehead atoms. The Labute approximate surface area is 113 Å². The zero-order valence-corrected chi connectivity index (χ0v) is 11.5. The van der Waals surface area contributed by atoms with Crippen LogP contribution in [0.4, 0.5) is 0 Å². The zero-order valence-electron chi connectivity index (χ0n) is 11.5. The highest BCUT2D eigenvalue weighted by Gasteiger charge is 2.22. The maximum Gasteiger partial charge on any atom is 0.317 e. The quantitative estimate of drug-likeness (QED) is 0.688. The number of carboxylic acid groups (broad SMARTS) is 1. The summed E-state index contributed by atoms with van der Waals surface area (Å²) in [5, 5.41) is 28.3. The van der Waals surface area contributed by atoms with Crippen molar-refractivity contribution < 1.29 is 20.1 Å². The first kappa shape index (κ1) is 15.3. The second-order valence-electron chi connectivity index (χ2n) is 5.14. The van der Waals surface area contributed by atoms with Crippen molar-refractivity contribution in [3.05, 3.63) is 23.8 Å². The number of rotatable bonds is 6. The molecule has 0 aliphatic rings. The SMILES string of the molecule is CC(C)CN(CC(=O)O)C(C)c1cc(O)ccc1O. The van der Waals surface area contributed by atoms with Crippen molar-refractivity contribution in [2.45, 2.75) is 26.8 Å². The molecule has 0 saturated carbocycles. The summed E-state index contributed by atoms with van der Waals surface area (Å²) >= 11 is 0. The first-order valence-corrected chi connectivity index (χ1v) is 6.29. The van der Waals surface area contributed by atoms with Crippen LogP contribution in [0.2, 0.25) is 0 Å². The molecule has 0 heterocycles. The second kappa shape index (κ2) is 6.43. The van der Waals surface area contributed by atoms with Crippen molar-refractivity contribution in [3.63, 3.8) is 0 Å². The third-order valence-corrected chi connectivity index (χ3v) is 2.95. The Hall–Kier alpha value is -1.75. The van der Waals surface area contributed by atoms with E-state index in [2.05, 4.69) is 0 Å². The number of aliphatic carboxylic acids is 1. The van der Waals surface area contributed by atoms with Gasteiger partial charge in [-0.05, 0) is 31.0 Å². The fourth-order valence-corrected chi connectivity index (χ4v) is 2.08. The number of carbonyl (C=O) groups is 1. The fraction of sp³-hybridized carbons (Fsp3) is 0.500. The Balaban J connectivity index is 3.00. The minimum Gasteiger partial charge on any atom is -0.508 e. The number of hydrogen-bond acceptors (Lipinski definition) is 4. The van der Waals surface area contributed by atoms with Gasteiger partial charge in [0.1, 0.15) is 11.5 Å². The Morgan fingerprint density at radius 3 is 2.42 bits per heavy atom. The lowest BCUT2D eigenvalue weighted by atomic mass is 10.0. The van der Waals surface area contributed by atoms with Crippen LogP contribution < -0.4 is 0 Å². The van der Waals surface area contributed by atoms with Gasteiger partial charge >= 0.3 is 5.97 Å². The van der Waals surface area contributed by atoms with Gasteiger partial charge in [-0.2, -0.15) is 0 Å². The molecule has 1 rings (SSSR count). The van der Waals surface area contributed by atoms with E-state index in [1.165, 1.54) is 18.2 Å². The minimum absolute atomic E-state index is 0.0551. The van der Waals surface area contributed by atoms with Crippen molar-refractivity contribution in [3.8, 4) is 11.5 Å². The van der Waals surface area contributed by atoms with E-state index in [9.17, 15) is 15.0 Å². The molecule has 0 amide bonds. The molecule has 5 heteroatoms. The van der Waals surface area contributed by atoms with Gasteiger partial charge in [0.2, 0.25) is 0 Å². The number of nitrogens with zero attached hydrogens (tertiary/aromatic N) is 1. The summed E-state index contributed by atoms with van der Waals surface area (Å²) in [6.07, 6.45) is 0. The van der Waals surface area contributed by atoms with Gasteiger partial charge in [0.25, 0.3) is 0 Å². The van der Waals surface area contributed by atoms with E-state index < -0.39 is 5.97 Å². The lowest BCUT2D eigenvalue weighted by molar-refractivity contribution is -0.139. The zero-order chi connectivity index (χ0) is 14.6. The number of phenols is 2. The van der Waals surface area contributed by atoms with Gasteiger partial charge < -0.3 is 15.3 Å². The van der Waals surface area contributed by atoms with Gasteiger partial charge in [0.15, 0.2) is 0 Å². The van der Waals surface area contributed by atoms with Crippen molar-refractivity contribution in [1.82, 2.24) is 4.90 Å². The molecule has 0 saturated heterocycles. The van der Waals surface area contributed by atoms with E-state index in [0.717, 1.165) is 0 Å². The number of benzene rings is 1. The standard InChI is InChI=1S/C14H21NO4/c1-9(2)7-15(8-14(18)19)10(3)12-6-11(16)4-5-13(12)17/h4-6,9-10,16-17H,7-8H2,1-3H3,(H,18,19). The van der Waals surface area contributed by atoms with Crippen molar-refractivity contribution in [1.29, 1.82) is 0 Å². The van der Waals surface area contributed by atoms with Crippen molar-refractivity contribution >= 4 is 5.97 Å². The molecule has 1 aromatic rings. The molecule has 1 unspecified atom stereocenters. The molecule has 19 heavy (non-hydrogen) atoms. The molecule has 1 aromatic carbocycles. The summed E-state index contributed by atoms with van der Waals surface area (Å²) in [5.74, 6) is -0.489. The molecule has 1 atom stereocenters. The minimum atomic E-state index is -0.910. The highest BCUT2D eigenvalue weighted by molar-refractivity contribution is 5.69. The Morgan fingerprint density at radius 2 is 1.89 bits per heavy atom. The molecular weight excluding hydrogens is 246 g/mol. The molecule has 0 aromatic heterocycles. The fourth-order valence-electron chi connectivity index (χ4n) is 2.08. The lowest BCUT2D eigenvalue weighted by Crippen LogP contribution is -2.35. The lowest BCUT2D eigenvalue weighted by Gasteiger charge is -2.29. The summed E-state index contributed by atoms with van der Waals surface area (Å²) in [6, 6.07) is 3.99. The van der Waals surface area contributed by atoms with E-state index in [0.29, 0.717) is 18.0 Å². The van der Waals surface area contributed by atoms with Crippen LogP contribution in [0.3, 0.4) is 0 Å². The number of phenolic OH excluding ortho intramolecular Hbond substituents is 2. The Bertz CT molecular complexity index is 445. The van der Waals surface area contributed by atoms with Gasteiger partial charge in [-0.3, -0.25) is 9.69 Å². The first-order valence-electron chi connectivity index (χ1n) is 6.29. The predicted octanol–water partition coefficient (Wildman–Crippen LogP) is 2.20. The van der Waals surface area contributed by atoms with E-state index in [1.54, 1.807) is 4.90 Å². The Morgan fingerprint density at radius 1 is 1.26 bits per heavy atom. The smallest absolute Gasteiger partial charge is 0.317 e. The number of carboxylic acids is 1.